The first-order chi connectivity index (χ1) is 28.8. The van der Waals surface area contributed by atoms with E-state index >= 15 is 0 Å². The number of fused-ring (bicyclic) bond motifs is 1. The lowest BCUT2D eigenvalue weighted by molar-refractivity contribution is -0.295. The summed E-state index contributed by atoms with van der Waals surface area (Å²) in [6, 6.07) is 1.97. The minimum Gasteiger partial charge on any atom is -0.458 e. The van der Waals surface area contributed by atoms with Crippen molar-refractivity contribution in [1.82, 2.24) is 39.9 Å². The summed E-state index contributed by atoms with van der Waals surface area (Å²) < 4.78 is 33.3. The number of nitrogens with zero attached hydrogens (tertiary/aromatic N) is 8. The molecule has 2 aromatic heterocycles. The van der Waals surface area contributed by atoms with E-state index in [4.69, 9.17) is 23.7 Å². The Labute approximate surface area is 359 Å². The van der Waals surface area contributed by atoms with Gasteiger partial charge in [0.2, 0.25) is 5.91 Å². The molecule has 3 fully saturated rings. The fourth-order valence-corrected chi connectivity index (χ4v) is 9.73. The number of cyclic esters (lactones) is 1. The Kier molecular flexibility index (Phi) is 15.7. The van der Waals surface area contributed by atoms with E-state index in [0.29, 0.717) is 43.6 Å². The summed E-state index contributed by atoms with van der Waals surface area (Å²) in [7, 11) is 5.30. The van der Waals surface area contributed by atoms with Gasteiger partial charge < -0.3 is 38.6 Å². The number of likely N-dealkylation sites (N-methyl/N-ethyl adjacent to an activating group) is 1. The van der Waals surface area contributed by atoms with Gasteiger partial charge in [0, 0.05) is 51.8 Å². The van der Waals surface area contributed by atoms with E-state index in [1.54, 1.807) is 52.9 Å². The molecule has 1 N–H and O–H groups in total. The van der Waals surface area contributed by atoms with E-state index in [9.17, 15) is 24.3 Å². The van der Waals surface area contributed by atoms with Crippen LogP contribution >= 0.6 is 0 Å². The third kappa shape index (κ3) is 10.4. The number of esters is 1. The number of aromatic nitrogens is 5. The molecule has 18 nitrogen and oxygen atoms in total. The molecule has 13 atom stereocenters. The molecule has 340 valence electrons. The molecule has 61 heavy (non-hydrogen) atoms. The molecule has 0 saturated carbocycles. The second-order valence-corrected chi connectivity index (χ2v) is 18.0. The summed E-state index contributed by atoms with van der Waals surface area (Å²) in [4.78, 5) is 61.6. The lowest BCUT2D eigenvalue weighted by Crippen LogP contribution is -2.62. The largest absolute Gasteiger partial charge is 0.458 e. The normalized spacial score (nSPS) is 35.6. The number of ether oxygens (including phenoxy) is 5. The first-order valence-corrected chi connectivity index (χ1v) is 21.7. The van der Waals surface area contributed by atoms with Crippen LogP contribution in [0.2, 0.25) is 0 Å². The van der Waals surface area contributed by atoms with Gasteiger partial charge >= 0.3 is 12.1 Å². The Morgan fingerprint density at radius 2 is 1.75 bits per heavy atom. The van der Waals surface area contributed by atoms with Crippen LogP contribution in [0.25, 0.3) is 11.4 Å². The van der Waals surface area contributed by atoms with Crippen molar-refractivity contribution in [3.63, 3.8) is 0 Å². The predicted molar refractivity (Wildman–Crippen MR) is 223 cm³/mol. The van der Waals surface area contributed by atoms with Gasteiger partial charge in [-0.15, -0.1) is 10.2 Å². The summed E-state index contributed by atoms with van der Waals surface area (Å²) in [5, 5.41) is 28.0. The molecule has 2 amide bonds. The number of aryl methyl sites for hydroxylation is 1. The van der Waals surface area contributed by atoms with Gasteiger partial charge in [0.1, 0.15) is 29.5 Å². The summed E-state index contributed by atoms with van der Waals surface area (Å²) in [5.41, 5.74) is -1.36. The zero-order valence-corrected chi connectivity index (χ0v) is 38.0. The summed E-state index contributed by atoms with van der Waals surface area (Å²) in [6.45, 7) is 17.0. The van der Waals surface area contributed by atoms with E-state index in [1.165, 1.54) is 21.0 Å². The minimum absolute atomic E-state index is 0.216. The van der Waals surface area contributed by atoms with Crippen LogP contribution in [0.1, 0.15) is 94.4 Å². The van der Waals surface area contributed by atoms with Gasteiger partial charge in [-0.25, -0.2) is 4.79 Å². The summed E-state index contributed by atoms with van der Waals surface area (Å²) in [5.74, 6) is -3.84. The van der Waals surface area contributed by atoms with Crippen LogP contribution in [-0.2, 0) is 44.6 Å². The number of carbonyl (C=O) groups is 4. The molecule has 3 unspecified atom stereocenters. The highest BCUT2D eigenvalue weighted by Gasteiger charge is 2.60. The minimum atomic E-state index is -1.40. The Bertz CT molecular complexity index is 1820. The molecule has 2 aromatic rings. The Morgan fingerprint density at radius 3 is 2.38 bits per heavy atom. The number of hydrogen-bond donors (Lipinski definition) is 1. The van der Waals surface area contributed by atoms with Crippen LogP contribution in [0.4, 0.5) is 4.79 Å². The quantitative estimate of drug-likeness (QED) is 0.195. The first kappa shape index (κ1) is 47.9. The van der Waals surface area contributed by atoms with Crippen LogP contribution in [0.15, 0.2) is 24.5 Å². The molecule has 3 aliphatic heterocycles. The van der Waals surface area contributed by atoms with Crippen LogP contribution in [-0.4, -0.2) is 163 Å². The van der Waals surface area contributed by atoms with Gasteiger partial charge in [-0.05, 0) is 98.9 Å². The number of Topliss-reactive ketones (excluding diaryl/α,β-unsaturated/α-hetero) is 1. The van der Waals surface area contributed by atoms with Crippen LogP contribution in [0.5, 0.6) is 0 Å². The smallest absolute Gasteiger partial charge is 0.410 e. The molecular weight excluding hydrogens is 789 g/mol. The number of amides is 2. The highest BCUT2D eigenvalue weighted by Crippen LogP contribution is 2.41. The van der Waals surface area contributed by atoms with Crippen molar-refractivity contribution in [2.45, 2.75) is 161 Å². The maximum absolute atomic E-state index is 14.5. The Balaban J connectivity index is 1.46. The zero-order chi connectivity index (χ0) is 45.0. The van der Waals surface area contributed by atoms with E-state index in [2.05, 4.69) is 20.5 Å². The number of rotatable bonds is 11. The Morgan fingerprint density at radius 1 is 1.05 bits per heavy atom. The molecule has 3 saturated heterocycles. The van der Waals surface area contributed by atoms with Crippen molar-refractivity contribution in [2.24, 2.45) is 17.8 Å². The van der Waals surface area contributed by atoms with Gasteiger partial charge in [0.15, 0.2) is 17.7 Å². The zero-order valence-electron chi connectivity index (χ0n) is 38.0. The topological polar surface area (TPSA) is 201 Å². The van der Waals surface area contributed by atoms with Gasteiger partial charge in [-0.3, -0.25) is 24.0 Å². The fourth-order valence-electron chi connectivity index (χ4n) is 9.73. The number of unbranched alkanes of at least 4 members (excludes halogenated alkanes) is 1. The Hall–Kier alpha value is -4.10. The average Bonchev–Trinajstić information content (AvgIpc) is 3.80. The number of aliphatic hydroxyl groups excluding tert-OH is 1. The van der Waals surface area contributed by atoms with E-state index in [0.717, 1.165) is 0 Å². The fraction of sp³-hybridized carbons (Fsp3) is 0.767. The third-order valence-electron chi connectivity index (χ3n) is 13.1. The third-order valence-corrected chi connectivity index (χ3v) is 13.1. The second-order valence-electron chi connectivity index (χ2n) is 18.0. The second kappa shape index (κ2) is 19.9. The molecule has 5 rings (SSSR count). The van der Waals surface area contributed by atoms with Crippen molar-refractivity contribution in [3.8, 4) is 11.4 Å². The van der Waals surface area contributed by atoms with Crippen molar-refractivity contribution in [2.75, 3.05) is 34.3 Å². The van der Waals surface area contributed by atoms with Crippen LogP contribution < -0.4 is 0 Å². The summed E-state index contributed by atoms with van der Waals surface area (Å²) >= 11 is 0. The summed E-state index contributed by atoms with van der Waals surface area (Å²) in [6.07, 6.45) is 0.805. The van der Waals surface area contributed by atoms with E-state index < -0.39 is 77.6 Å². The number of methoxy groups -OCH3 is 1. The maximum atomic E-state index is 14.5. The van der Waals surface area contributed by atoms with Crippen molar-refractivity contribution in [1.29, 1.82) is 0 Å². The highest BCUT2D eigenvalue weighted by atomic mass is 16.7. The molecule has 0 spiro atoms. The van der Waals surface area contributed by atoms with E-state index in [1.807, 2.05) is 53.6 Å². The molecule has 0 aromatic carbocycles. The lowest BCUT2D eigenvalue weighted by atomic mass is 9.78. The van der Waals surface area contributed by atoms with Gasteiger partial charge in [0.05, 0.1) is 36.1 Å². The SMILES string of the molecule is CC[C@H]1OC(=O)[C@H](C)C(=O)[C@H](C)[C@@H](O[C@@H]2OC(C)CC(N(C)C)C2O)[C@](C)(OC)C[C@@H](C)CN(C(C)=O)[C@H](C)[C@H]2N(CCCCn3cc(-c4cccnn4)nn3)C(=O)O[C@]12C. The number of hydrogen-bond acceptors (Lipinski definition) is 15. The molecule has 0 aliphatic carbocycles. The van der Waals surface area contributed by atoms with Gasteiger partial charge in [0.25, 0.3) is 0 Å². The molecule has 5 heterocycles. The molecule has 0 radical (unpaired) electrons. The standard InChI is InChI=1S/C43H68N8O10/c1-13-34-43(9)37(50(41(56)61-43)20-15-14-19-49-24-32(46-47-49)31-17-16-18-44-45-31)29(6)51(30(7)52)23-25(2)22-42(8,57-12)38(27(4)35(53)28(5)39(55)59-34)60-40-36(54)33(48(10)11)21-26(3)58-40/h16-18,24-29,33-34,36-38,40,54H,13-15,19-23H2,1-12H3/t25-,26?,27+,28-,29-,33?,34-,36?,37-,38-,40+,42-,43-/m1/s1. The molecule has 0 bridgehead atoms. The van der Waals surface area contributed by atoms with Crippen LogP contribution in [0.3, 0.4) is 0 Å². The van der Waals surface area contributed by atoms with Crippen molar-refractivity contribution < 1.29 is 48.0 Å². The number of aliphatic hydroxyl groups is 1. The first-order valence-electron chi connectivity index (χ1n) is 21.7. The highest BCUT2D eigenvalue weighted by molar-refractivity contribution is 6.00. The van der Waals surface area contributed by atoms with Gasteiger partial charge in [-0.2, -0.15) is 5.10 Å². The average molecular weight is 857 g/mol. The predicted octanol–water partition coefficient (Wildman–Crippen LogP) is 3.75. The van der Waals surface area contributed by atoms with Crippen molar-refractivity contribution >= 4 is 23.8 Å². The number of ketones is 1. The molecular formula is C43H68N8O10. The molecule has 18 heteroatoms. The lowest BCUT2D eigenvalue weighted by Gasteiger charge is -2.47. The monoisotopic (exact) mass is 857 g/mol. The van der Waals surface area contributed by atoms with E-state index in [-0.39, 0.29) is 43.5 Å². The van der Waals surface area contributed by atoms with Gasteiger partial charge in [-0.1, -0.05) is 26.0 Å². The maximum Gasteiger partial charge on any atom is 0.410 e. The number of carbonyl (C=O) groups excluding carboxylic acids is 4. The van der Waals surface area contributed by atoms with Crippen LogP contribution in [0, 0.1) is 17.8 Å². The van der Waals surface area contributed by atoms with Crippen molar-refractivity contribution in [3.05, 3.63) is 24.5 Å². The molecule has 3 aliphatic rings.